The molecule has 0 amide bonds. The molecule has 0 aliphatic carbocycles. The van der Waals surface area contributed by atoms with Crippen LogP contribution in [0.2, 0.25) is 0 Å². The molecule has 4 nitrogen and oxygen atoms in total. The summed E-state index contributed by atoms with van der Waals surface area (Å²) >= 11 is 0. The van der Waals surface area contributed by atoms with Gasteiger partial charge >= 0.3 is 0 Å². The number of nitrogens with zero attached hydrogens (tertiary/aromatic N) is 4. The van der Waals surface area contributed by atoms with Gasteiger partial charge in [-0.05, 0) is 24.0 Å². The number of hydrogen-bond donors (Lipinski definition) is 0. The van der Waals surface area contributed by atoms with E-state index in [9.17, 15) is 0 Å². The fraction of sp³-hybridized carbons (Fsp3) is 0.438. The topological polar surface area (TPSA) is 35.6 Å². The minimum absolute atomic E-state index is 0.924. The van der Waals surface area contributed by atoms with E-state index in [2.05, 4.69) is 92.2 Å². The molecule has 0 aliphatic rings. The molecule has 4 rings (SSSR count). The third-order valence-corrected chi connectivity index (χ3v) is 7.05. The predicted octanol–water partition coefficient (Wildman–Crippen LogP) is 7.86. The predicted molar refractivity (Wildman–Crippen MR) is 149 cm³/mol. The summed E-state index contributed by atoms with van der Waals surface area (Å²) in [6.07, 6.45) is 23.6. The first-order valence-electron chi connectivity index (χ1n) is 14.0. The lowest BCUT2D eigenvalue weighted by molar-refractivity contribution is 0.543. The highest BCUT2D eigenvalue weighted by Crippen LogP contribution is 2.14. The fourth-order valence-corrected chi connectivity index (χ4v) is 4.96. The normalized spacial score (nSPS) is 11.2. The second-order valence-electron chi connectivity index (χ2n) is 9.95. The van der Waals surface area contributed by atoms with E-state index in [1.54, 1.807) is 0 Å². The molecule has 0 saturated carbocycles. The van der Waals surface area contributed by atoms with Crippen LogP contribution in [0.3, 0.4) is 0 Å². The molecule has 0 N–H and O–H groups in total. The van der Waals surface area contributed by atoms with E-state index in [0.717, 1.165) is 25.9 Å². The molecule has 0 unspecified atom stereocenters. The maximum Gasteiger partial charge on any atom is 0.108 e. The summed E-state index contributed by atoms with van der Waals surface area (Å²) in [4.78, 5) is 9.18. The molecule has 4 heteroatoms. The number of benzene rings is 2. The van der Waals surface area contributed by atoms with E-state index in [1.165, 1.54) is 87.0 Å². The van der Waals surface area contributed by atoms with Crippen LogP contribution >= 0.6 is 0 Å². The van der Waals surface area contributed by atoms with Crippen molar-refractivity contribution in [3.05, 3.63) is 108 Å². The molecule has 2 aromatic carbocycles. The van der Waals surface area contributed by atoms with Crippen LogP contribution in [0.25, 0.3) is 0 Å². The van der Waals surface area contributed by atoms with Crippen molar-refractivity contribution in [2.75, 3.05) is 0 Å². The summed E-state index contributed by atoms with van der Waals surface area (Å²) in [5.74, 6) is 2.45. The SMILES string of the molecule is c1ccc(Cn2ccnc2CCCCCCCCCCCCc2nccn2Cc2ccccc2)cc1. The van der Waals surface area contributed by atoms with Crippen molar-refractivity contribution >= 4 is 0 Å². The van der Waals surface area contributed by atoms with Crippen molar-refractivity contribution in [3.8, 4) is 0 Å². The lowest BCUT2D eigenvalue weighted by Crippen LogP contribution is -2.04. The van der Waals surface area contributed by atoms with Gasteiger partial charge in [0.15, 0.2) is 0 Å². The van der Waals surface area contributed by atoms with E-state index in [4.69, 9.17) is 0 Å². The average molecular weight is 483 g/mol. The molecule has 0 saturated heterocycles. The average Bonchev–Trinajstić information content (AvgIpc) is 3.55. The van der Waals surface area contributed by atoms with Crippen molar-refractivity contribution in [2.45, 2.75) is 90.1 Å². The van der Waals surface area contributed by atoms with Crippen LogP contribution in [-0.4, -0.2) is 19.1 Å². The van der Waals surface area contributed by atoms with Gasteiger partial charge in [0, 0.05) is 50.7 Å². The monoisotopic (exact) mass is 482 g/mol. The summed E-state index contributed by atoms with van der Waals surface area (Å²) in [5, 5.41) is 0. The maximum absolute atomic E-state index is 4.59. The van der Waals surface area contributed by atoms with E-state index >= 15 is 0 Å². The van der Waals surface area contributed by atoms with Crippen molar-refractivity contribution in [1.82, 2.24) is 19.1 Å². The smallest absolute Gasteiger partial charge is 0.108 e. The van der Waals surface area contributed by atoms with Gasteiger partial charge < -0.3 is 9.13 Å². The summed E-state index contributed by atoms with van der Waals surface area (Å²) in [6.45, 7) is 1.85. The van der Waals surface area contributed by atoms with E-state index in [0.29, 0.717) is 0 Å². The molecule has 2 aromatic heterocycles. The van der Waals surface area contributed by atoms with Crippen LogP contribution in [0.4, 0.5) is 0 Å². The first-order valence-corrected chi connectivity index (χ1v) is 14.0. The van der Waals surface area contributed by atoms with E-state index < -0.39 is 0 Å². The van der Waals surface area contributed by atoms with Gasteiger partial charge in [0.05, 0.1) is 0 Å². The molecular weight excluding hydrogens is 440 g/mol. The molecule has 0 bridgehead atoms. The molecule has 36 heavy (non-hydrogen) atoms. The van der Waals surface area contributed by atoms with Gasteiger partial charge in [-0.25, -0.2) is 9.97 Å². The van der Waals surface area contributed by atoms with Gasteiger partial charge in [0.25, 0.3) is 0 Å². The van der Waals surface area contributed by atoms with Crippen molar-refractivity contribution in [3.63, 3.8) is 0 Å². The second-order valence-corrected chi connectivity index (χ2v) is 9.95. The number of imidazole rings is 2. The maximum atomic E-state index is 4.59. The molecule has 0 aliphatic heterocycles. The van der Waals surface area contributed by atoms with Gasteiger partial charge in [0.1, 0.15) is 11.6 Å². The van der Waals surface area contributed by atoms with Crippen molar-refractivity contribution in [2.24, 2.45) is 0 Å². The number of unbranched alkanes of at least 4 members (excludes halogenated alkanes) is 9. The lowest BCUT2D eigenvalue weighted by atomic mass is 10.0. The zero-order valence-corrected chi connectivity index (χ0v) is 21.8. The largest absolute Gasteiger partial charge is 0.331 e. The summed E-state index contributed by atoms with van der Waals surface area (Å²) in [5.41, 5.74) is 2.68. The molecule has 0 spiro atoms. The Kier molecular flexibility index (Phi) is 10.9. The Morgan fingerprint density at radius 2 is 0.806 bits per heavy atom. The van der Waals surface area contributed by atoms with Crippen LogP contribution in [0.15, 0.2) is 85.5 Å². The van der Waals surface area contributed by atoms with Gasteiger partial charge in [0.2, 0.25) is 0 Å². The molecule has 0 atom stereocenters. The number of hydrogen-bond acceptors (Lipinski definition) is 2. The Balaban J connectivity index is 0.987. The molecule has 0 fully saturated rings. The lowest BCUT2D eigenvalue weighted by Gasteiger charge is -2.08. The Bertz CT molecular complexity index is 1010. The summed E-state index contributed by atoms with van der Waals surface area (Å²) < 4.78 is 4.60. The van der Waals surface area contributed by atoms with E-state index in [1.807, 2.05) is 12.4 Å². The van der Waals surface area contributed by atoms with E-state index in [-0.39, 0.29) is 0 Å². The number of aromatic nitrogens is 4. The first-order chi connectivity index (χ1) is 17.9. The van der Waals surface area contributed by atoms with Crippen molar-refractivity contribution < 1.29 is 0 Å². The molecule has 0 radical (unpaired) electrons. The Labute approximate surface area is 217 Å². The minimum Gasteiger partial charge on any atom is -0.331 e. The third-order valence-electron chi connectivity index (χ3n) is 7.05. The molecule has 190 valence electrons. The van der Waals surface area contributed by atoms with Gasteiger partial charge in [-0.15, -0.1) is 0 Å². The van der Waals surface area contributed by atoms with Crippen LogP contribution in [0.5, 0.6) is 0 Å². The highest BCUT2D eigenvalue weighted by molar-refractivity contribution is 5.16. The van der Waals surface area contributed by atoms with Crippen LogP contribution < -0.4 is 0 Å². The van der Waals surface area contributed by atoms with Crippen molar-refractivity contribution in [1.29, 1.82) is 0 Å². The second kappa shape index (κ2) is 15.1. The number of aryl methyl sites for hydroxylation is 2. The quantitative estimate of drug-likeness (QED) is 0.144. The zero-order chi connectivity index (χ0) is 24.7. The number of rotatable bonds is 17. The highest BCUT2D eigenvalue weighted by Gasteiger charge is 2.05. The summed E-state index contributed by atoms with van der Waals surface area (Å²) in [6, 6.07) is 21.3. The highest BCUT2D eigenvalue weighted by atomic mass is 15.1. The van der Waals surface area contributed by atoms with Gasteiger partial charge in [-0.3, -0.25) is 0 Å². The third kappa shape index (κ3) is 8.82. The molecule has 2 heterocycles. The summed E-state index contributed by atoms with van der Waals surface area (Å²) in [7, 11) is 0. The fourth-order valence-electron chi connectivity index (χ4n) is 4.96. The Morgan fingerprint density at radius 1 is 0.444 bits per heavy atom. The molecule has 4 aromatic rings. The van der Waals surface area contributed by atoms with Crippen LogP contribution in [0.1, 0.15) is 87.0 Å². The minimum atomic E-state index is 0.924. The molecular formula is C32H42N4. The first kappa shape index (κ1) is 25.9. The van der Waals surface area contributed by atoms with Gasteiger partial charge in [-0.1, -0.05) is 112 Å². The van der Waals surface area contributed by atoms with Gasteiger partial charge in [-0.2, -0.15) is 0 Å². The Morgan fingerprint density at radius 3 is 1.19 bits per heavy atom. The Hall–Kier alpha value is -3.14. The van der Waals surface area contributed by atoms with Crippen LogP contribution in [0, 0.1) is 0 Å². The zero-order valence-electron chi connectivity index (χ0n) is 21.8. The van der Waals surface area contributed by atoms with Crippen LogP contribution in [-0.2, 0) is 25.9 Å². The standard InChI is InChI=1S/C32H42N4/c1(3-5-7-15-21-31-33-23-25-35(31)27-29-17-11-9-12-18-29)2-4-6-8-16-22-32-34-24-26-36(32)28-30-19-13-10-14-20-30/h9-14,17-20,23-26H,1-8,15-16,21-22,27-28H2.